The van der Waals surface area contributed by atoms with Crippen molar-refractivity contribution in [1.82, 2.24) is 9.84 Å². The minimum atomic E-state index is 0.238. The van der Waals surface area contributed by atoms with E-state index in [1.54, 1.807) is 11.9 Å². The second kappa shape index (κ2) is 6.99. The van der Waals surface area contributed by atoms with Gasteiger partial charge in [-0.2, -0.15) is 0 Å². The summed E-state index contributed by atoms with van der Waals surface area (Å²) in [6.45, 7) is 0. The van der Waals surface area contributed by atoms with Crippen molar-refractivity contribution in [3.8, 4) is 0 Å². The first-order valence-corrected chi connectivity index (χ1v) is 10.1. The lowest BCUT2D eigenvalue weighted by molar-refractivity contribution is 0.539. The van der Waals surface area contributed by atoms with Gasteiger partial charge in [-0.25, -0.2) is 4.41 Å². The minimum Gasteiger partial charge on any atom is -0.289 e. The molecule has 1 aliphatic heterocycles. The highest BCUT2D eigenvalue weighted by molar-refractivity contribution is 7.96. The lowest BCUT2D eigenvalue weighted by Crippen LogP contribution is -2.24. The summed E-state index contributed by atoms with van der Waals surface area (Å²) in [4.78, 5) is 0. The Morgan fingerprint density at radius 1 is 1.04 bits per heavy atom. The molecule has 2 aliphatic rings. The third-order valence-corrected chi connectivity index (χ3v) is 5.85. The number of hydrazine groups is 1. The van der Waals surface area contributed by atoms with Crippen molar-refractivity contribution in [3.63, 3.8) is 0 Å². The van der Waals surface area contributed by atoms with Gasteiger partial charge in [-0.3, -0.25) is 5.43 Å². The number of nitrogens with one attached hydrogen (secondary N) is 1. The number of allylic oxidation sites excluding steroid dienone is 2. The molecule has 0 saturated heterocycles. The Kier molecular flexibility index (Phi) is 4.72. The summed E-state index contributed by atoms with van der Waals surface area (Å²) < 4.78 is 2.05. The van der Waals surface area contributed by atoms with Crippen molar-refractivity contribution >= 4 is 35.1 Å². The number of hydrogen-bond donors (Lipinski definition) is 1. The van der Waals surface area contributed by atoms with Crippen molar-refractivity contribution < 1.29 is 0 Å². The molecule has 25 heavy (non-hydrogen) atoms. The summed E-state index contributed by atoms with van der Waals surface area (Å²) >= 11 is 14.2. The van der Waals surface area contributed by atoms with Gasteiger partial charge in [-0.1, -0.05) is 53.5 Å². The average Bonchev–Trinajstić information content (AvgIpc) is 3.04. The van der Waals surface area contributed by atoms with Crippen molar-refractivity contribution in [2.24, 2.45) is 0 Å². The molecule has 0 bridgehead atoms. The second-order valence-corrected chi connectivity index (χ2v) is 7.88. The summed E-state index contributed by atoms with van der Waals surface area (Å²) in [5, 5.41) is 1.55. The molecule has 0 unspecified atom stereocenters. The van der Waals surface area contributed by atoms with Crippen molar-refractivity contribution in [3.05, 3.63) is 93.2 Å². The maximum absolute atomic E-state index is 6.30. The van der Waals surface area contributed by atoms with Crippen LogP contribution in [0.15, 0.2) is 72.1 Å². The molecule has 0 spiro atoms. The largest absolute Gasteiger partial charge is 0.289 e. The maximum Gasteiger partial charge on any atom is 0.0566 e. The topological polar surface area (TPSA) is 15.3 Å². The van der Waals surface area contributed by atoms with Crippen molar-refractivity contribution in [1.29, 1.82) is 0 Å². The molecule has 0 amide bonds. The van der Waals surface area contributed by atoms with E-state index in [0.717, 1.165) is 16.5 Å². The summed E-state index contributed by atoms with van der Waals surface area (Å²) in [6.07, 6.45) is 7.50. The van der Waals surface area contributed by atoms with Gasteiger partial charge in [0.25, 0.3) is 0 Å². The van der Waals surface area contributed by atoms with Gasteiger partial charge < -0.3 is 0 Å². The first-order chi connectivity index (χ1) is 12.2. The number of nitrogens with zero attached hydrogens (tertiary/aromatic N) is 1. The quantitative estimate of drug-likeness (QED) is 0.636. The van der Waals surface area contributed by atoms with E-state index in [9.17, 15) is 0 Å². The Hall–Kier alpha value is -1.55. The Labute approximate surface area is 162 Å². The minimum absolute atomic E-state index is 0.238. The number of benzene rings is 2. The number of hydrogen-bond acceptors (Lipinski definition) is 3. The van der Waals surface area contributed by atoms with Crippen LogP contribution in [0.5, 0.6) is 0 Å². The molecule has 1 N–H and O–H groups in total. The van der Waals surface area contributed by atoms with E-state index in [4.69, 9.17) is 23.2 Å². The molecule has 1 heterocycles. The first kappa shape index (κ1) is 16.9. The van der Waals surface area contributed by atoms with Gasteiger partial charge in [-0.05, 0) is 59.7 Å². The summed E-state index contributed by atoms with van der Waals surface area (Å²) in [6, 6.07) is 16.4. The van der Waals surface area contributed by atoms with Crippen LogP contribution in [0.4, 0.5) is 0 Å². The van der Waals surface area contributed by atoms with Crippen LogP contribution in [0.25, 0.3) is 0 Å². The van der Waals surface area contributed by atoms with Gasteiger partial charge >= 0.3 is 0 Å². The highest BCUT2D eigenvalue weighted by atomic mass is 35.5. The molecule has 0 radical (unpaired) electrons. The van der Waals surface area contributed by atoms with Crippen LogP contribution in [0.3, 0.4) is 0 Å². The zero-order valence-corrected chi connectivity index (χ0v) is 16.1. The predicted molar refractivity (Wildman–Crippen MR) is 108 cm³/mol. The third kappa shape index (κ3) is 3.29. The fourth-order valence-electron chi connectivity index (χ4n) is 3.70. The van der Waals surface area contributed by atoms with Gasteiger partial charge in [0.15, 0.2) is 0 Å². The van der Waals surface area contributed by atoms with Gasteiger partial charge in [0, 0.05) is 34.0 Å². The smallest absolute Gasteiger partial charge is 0.0566 e. The Balaban J connectivity index is 1.83. The van der Waals surface area contributed by atoms with E-state index in [0.29, 0.717) is 5.92 Å². The molecule has 5 heteroatoms. The Morgan fingerprint density at radius 3 is 2.40 bits per heavy atom. The third-order valence-electron chi connectivity index (χ3n) is 4.79. The molecule has 4 rings (SSSR count). The van der Waals surface area contributed by atoms with E-state index >= 15 is 0 Å². The standard InChI is InChI=1S/C20H18Cl2N2S/c1-25-24-12-18-19(23-24)9-8-17(13-4-2-6-15(21)10-13)20(18)14-5-3-7-16(22)11-14/h2-7,9-12,17,20,23H,8H2,1H3/t17-,20+/m0/s1. The SMILES string of the molecule is CSN1C=C2C(=CC[C@@H](c3cccc(Cl)c3)[C@H]2c2cccc(Cl)c2)N1. The second-order valence-electron chi connectivity index (χ2n) is 6.25. The lowest BCUT2D eigenvalue weighted by atomic mass is 9.72. The van der Waals surface area contributed by atoms with Crippen LogP contribution in [0.1, 0.15) is 29.4 Å². The van der Waals surface area contributed by atoms with Crippen LogP contribution >= 0.6 is 35.1 Å². The van der Waals surface area contributed by atoms with Gasteiger partial charge in [0.2, 0.25) is 0 Å². The van der Waals surface area contributed by atoms with Crippen LogP contribution < -0.4 is 5.43 Å². The monoisotopic (exact) mass is 388 g/mol. The summed E-state index contributed by atoms with van der Waals surface area (Å²) in [5.41, 5.74) is 8.43. The van der Waals surface area contributed by atoms with E-state index < -0.39 is 0 Å². The Morgan fingerprint density at radius 2 is 1.72 bits per heavy atom. The average molecular weight is 389 g/mol. The fourth-order valence-corrected chi connectivity index (χ4v) is 4.50. The van der Waals surface area contributed by atoms with Crippen LogP contribution in [0, 0.1) is 0 Å². The van der Waals surface area contributed by atoms with E-state index in [2.05, 4.69) is 52.6 Å². The van der Waals surface area contributed by atoms with Crippen LogP contribution in [-0.4, -0.2) is 10.7 Å². The van der Waals surface area contributed by atoms with E-state index in [-0.39, 0.29) is 5.92 Å². The molecule has 1 aliphatic carbocycles. The fraction of sp³-hybridized carbons (Fsp3) is 0.200. The Bertz CT molecular complexity index is 862. The van der Waals surface area contributed by atoms with Gasteiger partial charge in [0.1, 0.15) is 0 Å². The number of rotatable bonds is 3. The molecular formula is C20H18Cl2N2S. The van der Waals surface area contributed by atoms with Crippen molar-refractivity contribution in [2.75, 3.05) is 6.26 Å². The molecule has 2 aromatic rings. The summed E-state index contributed by atoms with van der Waals surface area (Å²) in [7, 11) is 0. The van der Waals surface area contributed by atoms with Gasteiger partial charge in [0.05, 0.1) is 5.70 Å². The molecule has 0 fully saturated rings. The zero-order valence-electron chi connectivity index (χ0n) is 13.7. The highest BCUT2D eigenvalue weighted by Gasteiger charge is 2.36. The van der Waals surface area contributed by atoms with E-state index in [1.165, 1.54) is 22.4 Å². The van der Waals surface area contributed by atoms with Crippen molar-refractivity contribution in [2.45, 2.75) is 18.3 Å². The molecular weight excluding hydrogens is 371 g/mol. The number of fused-ring (bicyclic) bond motifs is 1. The normalized spacial score (nSPS) is 22.1. The van der Waals surface area contributed by atoms with Crippen LogP contribution in [-0.2, 0) is 0 Å². The number of halogens is 2. The zero-order chi connectivity index (χ0) is 17.4. The molecule has 128 valence electrons. The predicted octanol–water partition coefficient (Wildman–Crippen LogP) is 6.13. The maximum atomic E-state index is 6.30. The van der Waals surface area contributed by atoms with Crippen LogP contribution in [0.2, 0.25) is 10.0 Å². The molecule has 2 nitrogen and oxygen atoms in total. The summed E-state index contributed by atoms with van der Waals surface area (Å²) in [5.74, 6) is 0.567. The lowest BCUT2D eigenvalue weighted by Gasteiger charge is -2.32. The first-order valence-electron chi connectivity index (χ1n) is 8.19. The molecule has 0 saturated carbocycles. The highest BCUT2D eigenvalue weighted by Crippen LogP contribution is 2.49. The van der Waals surface area contributed by atoms with Gasteiger partial charge in [-0.15, -0.1) is 0 Å². The molecule has 0 aromatic heterocycles. The molecule has 2 atom stereocenters. The molecule has 2 aromatic carbocycles. The van der Waals surface area contributed by atoms with E-state index in [1.807, 2.05) is 24.3 Å².